The van der Waals surface area contributed by atoms with Gasteiger partial charge in [-0.25, -0.2) is 4.79 Å². The van der Waals surface area contributed by atoms with Gasteiger partial charge in [0.05, 0.1) is 5.92 Å². The van der Waals surface area contributed by atoms with Crippen LogP contribution in [0, 0.1) is 5.92 Å². The van der Waals surface area contributed by atoms with E-state index in [1.807, 2.05) is 54.7 Å². The molecule has 6 rings (SSSR count). The van der Waals surface area contributed by atoms with Gasteiger partial charge in [-0.1, -0.05) is 60.7 Å². The summed E-state index contributed by atoms with van der Waals surface area (Å²) in [6.45, 7) is 0.907. The van der Waals surface area contributed by atoms with Crippen molar-refractivity contribution in [3.63, 3.8) is 0 Å². The van der Waals surface area contributed by atoms with Crippen molar-refractivity contribution >= 4 is 28.3 Å². The van der Waals surface area contributed by atoms with E-state index in [0.717, 1.165) is 46.2 Å². The number of hydrogen-bond donors (Lipinski definition) is 3. The van der Waals surface area contributed by atoms with E-state index in [-0.39, 0.29) is 28.9 Å². The van der Waals surface area contributed by atoms with Gasteiger partial charge in [0, 0.05) is 35.0 Å². The lowest BCUT2D eigenvalue weighted by molar-refractivity contribution is -0.804. The quantitative estimate of drug-likeness (QED) is 0.542. The first-order chi connectivity index (χ1) is 16.1. The zero-order valence-corrected chi connectivity index (χ0v) is 18.2. The van der Waals surface area contributed by atoms with Crippen LogP contribution in [0.3, 0.4) is 0 Å². The highest BCUT2D eigenvalue weighted by Crippen LogP contribution is 2.43. The Morgan fingerprint density at radius 3 is 2.73 bits per heavy atom. The van der Waals surface area contributed by atoms with Gasteiger partial charge in [-0.2, -0.15) is 5.43 Å². The molecule has 3 heterocycles. The number of nitrogens with one attached hydrogen (secondary N) is 3. The molecular weight excluding hydrogens is 412 g/mol. The van der Waals surface area contributed by atoms with Gasteiger partial charge in [-0.05, 0) is 24.1 Å². The third-order valence-electron chi connectivity index (χ3n) is 6.82. The molecule has 1 aliphatic carbocycles. The molecule has 2 unspecified atom stereocenters. The van der Waals surface area contributed by atoms with Gasteiger partial charge in [-0.3, -0.25) is 4.79 Å². The number of amides is 2. The number of hydrogen-bond acceptors (Lipinski definition) is 3. The minimum atomic E-state index is -0.299. The monoisotopic (exact) mass is 437 g/mol. The van der Waals surface area contributed by atoms with Gasteiger partial charge in [0.2, 0.25) is 0 Å². The highest BCUT2D eigenvalue weighted by Gasteiger charge is 2.51. The van der Waals surface area contributed by atoms with Crippen LogP contribution in [-0.4, -0.2) is 34.5 Å². The van der Waals surface area contributed by atoms with Crippen LogP contribution in [0.4, 0.5) is 0 Å². The molecule has 33 heavy (non-hydrogen) atoms. The van der Waals surface area contributed by atoms with Gasteiger partial charge >= 0.3 is 11.8 Å². The second kappa shape index (κ2) is 7.69. The molecule has 0 radical (unpaired) electrons. The number of carbonyl (C=O) groups excluding carboxylic acids is 2. The number of aromatic amines is 1. The molecule has 6 nitrogen and oxygen atoms in total. The van der Waals surface area contributed by atoms with Crippen LogP contribution >= 0.6 is 0 Å². The van der Waals surface area contributed by atoms with E-state index in [1.54, 1.807) is 0 Å². The first-order valence-corrected chi connectivity index (χ1v) is 11.3. The Bertz CT molecular complexity index is 1330. The Hall–Kier alpha value is -3.74. The molecule has 164 valence electrons. The molecule has 0 spiro atoms. The fourth-order valence-corrected chi connectivity index (χ4v) is 5.32. The van der Waals surface area contributed by atoms with Crippen molar-refractivity contribution in [3.8, 4) is 0 Å². The van der Waals surface area contributed by atoms with Gasteiger partial charge in [0.1, 0.15) is 18.4 Å². The maximum atomic E-state index is 13.7. The van der Waals surface area contributed by atoms with E-state index >= 15 is 0 Å². The minimum Gasteiger partial charge on any atom is -0.350 e. The minimum absolute atomic E-state index is 0.0853. The first kappa shape index (κ1) is 19.9. The molecule has 6 heteroatoms. The van der Waals surface area contributed by atoms with Crippen molar-refractivity contribution in [1.29, 1.82) is 0 Å². The van der Waals surface area contributed by atoms with E-state index in [1.165, 1.54) is 0 Å². The molecule has 2 amide bonds. The molecule has 1 aromatic heterocycles. The molecule has 0 saturated carbocycles. The standard InChI is InChI=1S/C27H24N4O2/c32-25-16-28-15-21-11-6-10-20-13-22(18-7-2-1-3-8-18)17-31(25,26(20)21)30-27(33)24-14-19-9-4-5-12-23(19)29-24/h1-10,12,14,17,21,28H,11,13,15-16H2,(H-,29,30,33)/p+1. The molecule has 3 aliphatic rings. The summed E-state index contributed by atoms with van der Waals surface area (Å²) in [6.07, 6.45) is 7.85. The number of fused-ring (bicyclic) bond motifs is 1. The number of H-pyrrole nitrogens is 1. The van der Waals surface area contributed by atoms with E-state index in [9.17, 15) is 9.59 Å². The third kappa shape index (κ3) is 3.26. The second-order valence-corrected chi connectivity index (χ2v) is 8.90. The molecule has 2 atom stereocenters. The number of para-hydroxylation sites is 1. The first-order valence-electron chi connectivity index (χ1n) is 11.3. The number of allylic oxidation sites excluding steroid dienone is 4. The smallest absolute Gasteiger partial charge is 0.350 e. The predicted molar refractivity (Wildman–Crippen MR) is 127 cm³/mol. The summed E-state index contributed by atoms with van der Waals surface area (Å²) in [5, 5.41) is 4.26. The summed E-state index contributed by atoms with van der Waals surface area (Å²) < 4.78 is -0.268. The van der Waals surface area contributed by atoms with Crippen LogP contribution in [0.25, 0.3) is 16.5 Å². The molecule has 2 aliphatic heterocycles. The Balaban J connectivity index is 1.50. The van der Waals surface area contributed by atoms with E-state index in [4.69, 9.17) is 0 Å². The molecule has 0 bridgehead atoms. The van der Waals surface area contributed by atoms with Crippen molar-refractivity contribution in [1.82, 2.24) is 15.7 Å². The fourth-order valence-electron chi connectivity index (χ4n) is 5.32. The van der Waals surface area contributed by atoms with E-state index < -0.39 is 0 Å². The highest BCUT2D eigenvalue weighted by atomic mass is 16.2. The molecule has 3 aromatic rings. The van der Waals surface area contributed by atoms with Gasteiger partial charge in [-0.15, -0.1) is 4.59 Å². The van der Waals surface area contributed by atoms with Crippen molar-refractivity contribution < 1.29 is 14.2 Å². The molecule has 1 fully saturated rings. The Morgan fingerprint density at radius 2 is 1.88 bits per heavy atom. The van der Waals surface area contributed by atoms with Crippen molar-refractivity contribution in [3.05, 3.63) is 102 Å². The van der Waals surface area contributed by atoms with E-state index in [0.29, 0.717) is 12.2 Å². The summed E-state index contributed by atoms with van der Waals surface area (Å²) in [5.41, 5.74) is 8.66. The Labute approximate surface area is 191 Å². The highest BCUT2D eigenvalue weighted by molar-refractivity contribution is 5.98. The van der Waals surface area contributed by atoms with Crippen LogP contribution < -0.4 is 10.7 Å². The number of aromatic nitrogens is 1. The maximum Gasteiger partial charge on any atom is 0.361 e. The van der Waals surface area contributed by atoms with Crippen molar-refractivity contribution in [2.75, 3.05) is 13.1 Å². The van der Waals surface area contributed by atoms with Gasteiger partial charge < -0.3 is 10.3 Å². The molecular formula is C27H25N4O2+. The number of benzene rings is 2. The molecule has 3 N–H and O–H groups in total. The largest absolute Gasteiger partial charge is 0.361 e. The zero-order chi connectivity index (χ0) is 22.4. The van der Waals surface area contributed by atoms with Crippen LogP contribution in [0.5, 0.6) is 0 Å². The van der Waals surface area contributed by atoms with Crippen LogP contribution in [0.1, 0.15) is 28.9 Å². The second-order valence-electron chi connectivity index (χ2n) is 8.90. The topological polar surface area (TPSA) is 74.0 Å². The maximum absolute atomic E-state index is 13.7. The Kier molecular flexibility index (Phi) is 4.64. The number of nitrogens with zero attached hydrogens (tertiary/aromatic N) is 1. The number of carbonyl (C=O) groups is 2. The van der Waals surface area contributed by atoms with E-state index in [2.05, 4.69) is 40.0 Å². The normalized spacial score (nSPS) is 24.3. The summed E-state index contributed by atoms with van der Waals surface area (Å²) in [7, 11) is 0. The van der Waals surface area contributed by atoms with Crippen LogP contribution in [0.15, 0.2) is 90.3 Å². The summed E-state index contributed by atoms with van der Waals surface area (Å²) in [5.74, 6) is -0.238. The van der Waals surface area contributed by atoms with Crippen LogP contribution in [0.2, 0.25) is 0 Å². The average Bonchev–Trinajstić information content (AvgIpc) is 3.23. The SMILES string of the molecule is O=C(N[N+]12C=C(c3ccccc3)CC3=C1C(CC=C3)CNCC2=O)c1cc2ccccc2[nH]1. The number of rotatable bonds is 3. The van der Waals surface area contributed by atoms with Gasteiger partial charge in [0.25, 0.3) is 0 Å². The molecule has 2 aromatic carbocycles. The van der Waals surface area contributed by atoms with Gasteiger partial charge in [0.15, 0.2) is 5.70 Å². The predicted octanol–water partition coefficient (Wildman–Crippen LogP) is 4.03. The lowest BCUT2D eigenvalue weighted by atomic mass is 9.84. The summed E-state index contributed by atoms with van der Waals surface area (Å²) in [4.78, 5) is 30.5. The number of quaternary nitrogens is 1. The van der Waals surface area contributed by atoms with Crippen LogP contribution in [-0.2, 0) is 4.79 Å². The molecule has 1 saturated heterocycles. The average molecular weight is 438 g/mol. The lowest BCUT2D eigenvalue weighted by Crippen LogP contribution is -2.62. The lowest BCUT2D eigenvalue weighted by Gasteiger charge is -2.39. The van der Waals surface area contributed by atoms with Crippen molar-refractivity contribution in [2.45, 2.75) is 12.8 Å². The summed E-state index contributed by atoms with van der Waals surface area (Å²) >= 11 is 0. The Morgan fingerprint density at radius 1 is 1.06 bits per heavy atom. The summed E-state index contributed by atoms with van der Waals surface area (Å²) in [6, 6.07) is 19.7. The van der Waals surface area contributed by atoms with Crippen molar-refractivity contribution in [2.24, 2.45) is 5.92 Å². The zero-order valence-electron chi connectivity index (χ0n) is 18.2. The fraction of sp³-hybridized carbons (Fsp3) is 0.185. The third-order valence-corrected chi connectivity index (χ3v) is 6.82.